The first-order chi connectivity index (χ1) is 11.0. The molecule has 0 aromatic heterocycles. The molecule has 2 N–H and O–H groups in total. The minimum Gasteiger partial charge on any atom is -0.492 e. The van der Waals surface area contributed by atoms with Gasteiger partial charge in [0.1, 0.15) is 12.4 Å². The zero-order valence-electron chi connectivity index (χ0n) is 14.3. The number of ether oxygens (including phenoxy) is 1. The molecule has 1 aliphatic rings. The highest BCUT2D eigenvalue weighted by Gasteiger charge is 2.28. The largest absolute Gasteiger partial charge is 0.492 e. The van der Waals surface area contributed by atoms with E-state index in [-0.39, 0.29) is 18.1 Å². The van der Waals surface area contributed by atoms with Gasteiger partial charge in [-0.15, -0.1) is 0 Å². The molecule has 0 spiro atoms. The molecule has 1 aliphatic heterocycles. The fraction of sp³-hybridized carbons (Fsp3) is 0.611. The third-order valence-corrected chi connectivity index (χ3v) is 4.39. The maximum atomic E-state index is 12.0. The smallest absolute Gasteiger partial charge is 0.317 e. The summed E-state index contributed by atoms with van der Waals surface area (Å²) in [6.45, 7) is 8.35. The Balaban J connectivity index is 1.66. The van der Waals surface area contributed by atoms with Gasteiger partial charge >= 0.3 is 6.03 Å². The van der Waals surface area contributed by atoms with Crippen molar-refractivity contribution in [2.24, 2.45) is 5.92 Å². The summed E-state index contributed by atoms with van der Waals surface area (Å²) in [5.41, 5.74) is 1.28. The number of hydrogen-bond acceptors (Lipinski definition) is 3. The van der Waals surface area contributed by atoms with Gasteiger partial charge in [-0.25, -0.2) is 4.79 Å². The molecule has 2 rings (SSSR count). The predicted octanol–water partition coefficient (Wildman–Crippen LogP) is 2.60. The minimum atomic E-state index is -0.357. The zero-order valence-corrected chi connectivity index (χ0v) is 14.3. The molecular formula is C18H28N2O3. The number of carbonyl (C=O) groups excluding carboxylic acids is 1. The number of benzene rings is 1. The number of aliphatic hydroxyl groups is 1. The van der Waals surface area contributed by atoms with Gasteiger partial charge < -0.3 is 20.1 Å². The van der Waals surface area contributed by atoms with Crippen LogP contribution in [0.3, 0.4) is 0 Å². The Kier molecular flexibility index (Phi) is 6.28. The SMILES string of the molecule is CC(C)c1ccc(OCCNC(=O)N2CC[C@H]([C@H](C)O)C2)cc1. The van der Waals surface area contributed by atoms with Crippen molar-refractivity contribution in [1.82, 2.24) is 10.2 Å². The normalized spacial score (nSPS) is 19.0. The Morgan fingerprint density at radius 2 is 2.04 bits per heavy atom. The molecular weight excluding hydrogens is 292 g/mol. The molecule has 128 valence electrons. The second-order valence-corrected chi connectivity index (χ2v) is 6.54. The van der Waals surface area contributed by atoms with E-state index in [1.54, 1.807) is 11.8 Å². The molecule has 1 heterocycles. The van der Waals surface area contributed by atoms with Crippen LogP contribution in [0.2, 0.25) is 0 Å². The van der Waals surface area contributed by atoms with Crippen molar-refractivity contribution in [1.29, 1.82) is 0 Å². The van der Waals surface area contributed by atoms with Gasteiger partial charge in [0.2, 0.25) is 0 Å². The van der Waals surface area contributed by atoms with Crippen molar-refractivity contribution in [2.45, 2.75) is 39.2 Å². The van der Waals surface area contributed by atoms with Gasteiger partial charge in [-0.1, -0.05) is 26.0 Å². The highest BCUT2D eigenvalue weighted by atomic mass is 16.5. The summed E-state index contributed by atoms with van der Waals surface area (Å²) in [5, 5.41) is 12.4. The van der Waals surface area contributed by atoms with Crippen LogP contribution < -0.4 is 10.1 Å². The van der Waals surface area contributed by atoms with Gasteiger partial charge in [-0.05, 0) is 37.0 Å². The van der Waals surface area contributed by atoms with E-state index in [1.165, 1.54) is 5.56 Å². The van der Waals surface area contributed by atoms with Crippen LogP contribution in [0.1, 0.15) is 38.7 Å². The highest BCUT2D eigenvalue weighted by Crippen LogP contribution is 2.20. The van der Waals surface area contributed by atoms with Crippen LogP contribution in [-0.4, -0.2) is 48.4 Å². The topological polar surface area (TPSA) is 61.8 Å². The lowest BCUT2D eigenvalue weighted by molar-refractivity contribution is 0.129. The van der Waals surface area contributed by atoms with Crippen LogP contribution in [0.4, 0.5) is 4.79 Å². The van der Waals surface area contributed by atoms with Gasteiger partial charge in [-0.2, -0.15) is 0 Å². The first-order valence-corrected chi connectivity index (χ1v) is 8.41. The molecule has 1 aromatic carbocycles. The number of nitrogens with one attached hydrogen (secondary N) is 1. The van der Waals surface area contributed by atoms with Crippen LogP contribution in [0, 0.1) is 5.92 Å². The molecule has 2 atom stereocenters. The monoisotopic (exact) mass is 320 g/mol. The Bertz CT molecular complexity index is 499. The molecule has 0 bridgehead atoms. The van der Waals surface area contributed by atoms with Crippen molar-refractivity contribution in [3.05, 3.63) is 29.8 Å². The van der Waals surface area contributed by atoms with E-state index in [4.69, 9.17) is 4.74 Å². The van der Waals surface area contributed by atoms with Crippen LogP contribution in [0.25, 0.3) is 0 Å². The molecule has 1 saturated heterocycles. The second-order valence-electron chi connectivity index (χ2n) is 6.54. The van der Waals surface area contributed by atoms with E-state index in [0.717, 1.165) is 12.2 Å². The number of urea groups is 1. The molecule has 1 fully saturated rings. The number of rotatable bonds is 6. The standard InChI is InChI=1S/C18H28N2O3/c1-13(2)15-4-6-17(7-5-15)23-11-9-19-18(22)20-10-8-16(12-20)14(3)21/h4-7,13-14,16,21H,8-12H2,1-3H3,(H,19,22)/t14-,16-/m0/s1. The van der Waals surface area contributed by atoms with Crippen molar-refractivity contribution >= 4 is 6.03 Å². The molecule has 5 nitrogen and oxygen atoms in total. The average Bonchev–Trinajstić information content (AvgIpc) is 3.02. The minimum absolute atomic E-state index is 0.0769. The Morgan fingerprint density at radius 1 is 1.35 bits per heavy atom. The average molecular weight is 320 g/mol. The van der Waals surface area contributed by atoms with Crippen molar-refractivity contribution in [2.75, 3.05) is 26.2 Å². The van der Waals surface area contributed by atoms with E-state index < -0.39 is 0 Å². The van der Waals surface area contributed by atoms with Crippen LogP contribution in [-0.2, 0) is 0 Å². The van der Waals surface area contributed by atoms with E-state index in [9.17, 15) is 9.90 Å². The fourth-order valence-corrected chi connectivity index (χ4v) is 2.75. The van der Waals surface area contributed by atoms with E-state index >= 15 is 0 Å². The number of hydrogen-bond donors (Lipinski definition) is 2. The lowest BCUT2D eigenvalue weighted by Gasteiger charge is -2.18. The maximum Gasteiger partial charge on any atom is 0.317 e. The number of amides is 2. The fourth-order valence-electron chi connectivity index (χ4n) is 2.75. The first-order valence-electron chi connectivity index (χ1n) is 8.41. The molecule has 0 aliphatic carbocycles. The number of aliphatic hydroxyl groups excluding tert-OH is 1. The quantitative estimate of drug-likeness (QED) is 0.792. The van der Waals surface area contributed by atoms with Gasteiger partial charge in [0.15, 0.2) is 0 Å². The lowest BCUT2D eigenvalue weighted by Crippen LogP contribution is -2.40. The van der Waals surface area contributed by atoms with Crippen molar-refractivity contribution in [3.8, 4) is 5.75 Å². The number of carbonyl (C=O) groups is 1. The molecule has 5 heteroatoms. The van der Waals surface area contributed by atoms with E-state index in [1.807, 2.05) is 12.1 Å². The zero-order chi connectivity index (χ0) is 16.8. The Hall–Kier alpha value is -1.75. The summed E-state index contributed by atoms with van der Waals surface area (Å²) >= 11 is 0. The number of likely N-dealkylation sites (tertiary alicyclic amines) is 1. The van der Waals surface area contributed by atoms with Crippen molar-refractivity contribution in [3.63, 3.8) is 0 Å². The summed E-state index contributed by atoms with van der Waals surface area (Å²) in [4.78, 5) is 13.8. The summed E-state index contributed by atoms with van der Waals surface area (Å²) < 4.78 is 5.64. The van der Waals surface area contributed by atoms with Crippen LogP contribution in [0.5, 0.6) is 5.75 Å². The van der Waals surface area contributed by atoms with Gasteiger partial charge in [0.25, 0.3) is 0 Å². The lowest BCUT2D eigenvalue weighted by atomic mass is 10.0. The van der Waals surface area contributed by atoms with Crippen molar-refractivity contribution < 1.29 is 14.6 Å². The summed E-state index contributed by atoms with van der Waals surface area (Å²) in [6.07, 6.45) is 0.508. The highest BCUT2D eigenvalue weighted by molar-refractivity contribution is 5.74. The predicted molar refractivity (Wildman–Crippen MR) is 90.8 cm³/mol. The summed E-state index contributed by atoms with van der Waals surface area (Å²) in [7, 11) is 0. The first kappa shape index (κ1) is 17.6. The van der Waals surface area contributed by atoms with Gasteiger partial charge in [0.05, 0.1) is 12.6 Å². The molecule has 23 heavy (non-hydrogen) atoms. The van der Waals surface area contributed by atoms with Gasteiger partial charge in [0, 0.05) is 19.0 Å². The molecule has 0 saturated carbocycles. The van der Waals surface area contributed by atoms with Crippen LogP contribution in [0.15, 0.2) is 24.3 Å². The maximum absolute atomic E-state index is 12.0. The second kappa shape index (κ2) is 8.20. The summed E-state index contributed by atoms with van der Waals surface area (Å²) in [6, 6.07) is 7.99. The third kappa shape index (κ3) is 5.13. The number of nitrogens with zero attached hydrogens (tertiary/aromatic N) is 1. The molecule has 1 aromatic rings. The molecule has 0 unspecified atom stereocenters. The van der Waals surface area contributed by atoms with Gasteiger partial charge in [-0.3, -0.25) is 0 Å². The Morgan fingerprint density at radius 3 is 2.61 bits per heavy atom. The van der Waals surface area contributed by atoms with Crippen LogP contribution >= 0.6 is 0 Å². The molecule has 2 amide bonds. The Labute approximate surface area is 138 Å². The summed E-state index contributed by atoms with van der Waals surface area (Å²) in [5.74, 6) is 1.52. The van der Waals surface area contributed by atoms with E-state index in [0.29, 0.717) is 32.2 Å². The third-order valence-electron chi connectivity index (χ3n) is 4.39. The molecule has 0 radical (unpaired) electrons. The van der Waals surface area contributed by atoms with E-state index in [2.05, 4.69) is 31.3 Å².